The highest BCUT2D eigenvalue weighted by Crippen LogP contribution is 2.45. The van der Waals surface area contributed by atoms with Crippen LogP contribution in [0.3, 0.4) is 0 Å². The number of carbonyl (C=O) groups is 1. The van der Waals surface area contributed by atoms with Gasteiger partial charge in [-0.25, -0.2) is 14.8 Å². The maximum absolute atomic E-state index is 12.7. The van der Waals surface area contributed by atoms with E-state index >= 15 is 0 Å². The number of halogens is 1. The molecule has 0 fully saturated rings. The standard InChI is InChI=1S/C24H19BrN8O3/c1-2-35-16-8-13(15(25)9-17(16)36-23(34)12-6-4-3-5-7-12)20-18-19(28)14(10-26)21(29)32-22(18)33-24(31-20)30-11-27/h3-9,20H,2H2,1H3,(H6,28,29,30,31,32,33). The maximum Gasteiger partial charge on any atom is 0.343 e. The first kappa shape index (κ1) is 24.3. The molecule has 36 heavy (non-hydrogen) atoms. The van der Waals surface area contributed by atoms with Crippen LogP contribution in [-0.2, 0) is 0 Å². The summed E-state index contributed by atoms with van der Waals surface area (Å²) in [5, 5.41) is 24.0. The molecule has 180 valence electrons. The van der Waals surface area contributed by atoms with E-state index in [4.69, 9.17) is 26.2 Å². The van der Waals surface area contributed by atoms with Gasteiger partial charge in [0.05, 0.1) is 17.9 Å². The van der Waals surface area contributed by atoms with Crippen molar-refractivity contribution in [2.45, 2.75) is 13.0 Å². The number of rotatable bonds is 5. The lowest BCUT2D eigenvalue weighted by Gasteiger charge is -2.27. The normalized spacial score (nSPS) is 13.8. The number of nitrogens with two attached hydrogens (primary N) is 2. The van der Waals surface area contributed by atoms with Gasteiger partial charge in [-0.1, -0.05) is 34.1 Å². The molecule has 1 unspecified atom stereocenters. The molecule has 0 saturated carbocycles. The summed E-state index contributed by atoms with van der Waals surface area (Å²) in [5.41, 5.74) is 13.7. The Morgan fingerprint density at radius 1 is 1.22 bits per heavy atom. The van der Waals surface area contributed by atoms with E-state index in [9.17, 15) is 10.1 Å². The predicted molar refractivity (Wildman–Crippen MR) is 136 cm³/mol. The highest BCUT2D eigenvalue weighted by atomic mass is 79.9. The topological polar surface area (TPSA) is 184 Å². The lowest BCUT2D eigenvalue weighted by Crippen LogP contribution is -2.32. The highest BCUT2D eigenvalue weighted by Gasteiger charge is 2.32. The molecule has 0 bridgehead atoms. The van der Waals surface area contributed by atoms with E-state index < -0.39 is 12.0 Å². The van der Waals surface area contributed by atoms with Crippen molar-refractivity contribution in [2.24, 2.45) is 4.99 Å². The fourth-order valence-electron chi connectivity index (χ4n) is 3.65. The smallest absolute Gasteiger partial charge is 0.343 e. The summed E-state index contributed by atoms with van der Waals surface area (Å²) in [5.74, 6) is 0.213. The summed E-state index contributed by atoms with van der Waals surface area (Å²) >= 11 is 3.53. The van der Waals surface area contributed by atoms with Crippen molar-refractivity contribution in [1.82, 2.24) is 10.3 Å². The number of aromatic nitrogens is 1. The van der Waals surface area contributed by atoms with Crippen molar-refractivity contribution in [3.63, 3.8) is 0 Å². The van der Waals surface area contributed by atoms with Crippen LogP contribution in [0.25, 0.3) is 0 Å². The second-order valence-corrected chi connectivity index (χ2v) is 8.27. The quantitative estimate of drug-likeness (QED) is 0.160. The van der Waals surface area contributed by atoms with Gasteiger partial charge in [0, 0.05) is 10.0 Å². The predicted octanol–water partition coefficient (Wildman–Crippen LogP) is 3.44. The Labute approximate surface area is 214 Å². The number of nitrogens with zero attached hydrogens (tertiary/aromatic N) is 4. The number of anilines is 3. The number of fused-ring (bicyclic) bond motifs is 1. The molecule has 0 spiro atoms. The third kappa shape index (κ3) is 4.58. The van der Waals surface area contributed by atoms with Gasteiger partial charge in [-0.2, -0.15) is 10.5 Å². The number of nitriles is 2. The number of hydrogen-bond acceptors (Lipinski definition) is 11. The van der Waals surface area contributed by atoms with E-state index in [2.05, 4.69) is 36.5 Å². The molecule has 6 N–H and O–H groups in total. The fraction of sp³-hybridized carbons (Fsp3) is 0.125. The molecular weight excluding hydrogens is 528 g/mol. The summed E-state index contributed by atoms with van der Waals surface area (Å²) in [6, 6.07) is 12.9. The van der Waals surface area contributed by atoms with Crippen LogP contribution in [0.1, 0.15) is 40.0 Å². The van der Waals surface area contributed by atoms with Gasteiger partial charge in [0.25, 0.3) is 0 Å². The Hall–Kier alpha value is -4.81. The number of hydrogen-bond donors (Lipinski definition) is 4. The number of guanidine groups is 1. The molecule has 1 aliphatic heterocycles. The first-order valence-corrected chi connectivity index (χ1v) is 11.4. The minimum Gasteiger partial charge on any atom is -0.490 e. The molecule has 11 nitrogen and oxygen atoms in total. The van der Waals surface area contributed by atoms with Gasteiger partial charge in [-0.3, -0.25) is 5.32 Å². The first-order valence-electron chi connectivity index (χ1n) is 10.6. The zero-order chi connectivity index (χ0) is 25.8. The zero-order valence-electron chi connectivity index (χ0n) is 18.9. The SMILES string of the molecule is CCOc1cc(C2N=C(NC#N)Nc3nc(N)c(C#N)c(N)c32)c(Br)cc1OC(=O)c1ccccc1. The fourth-order valence-corrected chi connectivity index (χ4v) is 4.19. The average Bonchev–Trinajstić information content (AvgIpc) is 2.86. The third-order valence-electron chi connectivity index (χ3n) is 5.23. The van der Waals surface area contributed by atoms with Crippen LogP contribution in [0.2, 0.25) is 0 Å². The number of carbonyl (C=O) groups excluding carboxylic acids is 1. The average molecular weight is 547 g/mol. The van der Waals surface area contributed by atoms with Crippen LogP contribution in [0.15, 0.2) is 51.9 Å². The first-order chi connectivity index (χ1) is 17.4. The minimum absolute atomic E-state index is 0.0157. The van der Waals surface area contributed by atoms with Gasteiger partial charge < -0.3 is 26.3 Å². The number of nitrogens with one attached hydrogen (secondary N) is 2. The molecule has 1 aromatic heterocycles. The maximum atomic E-state index is 12.7. The molecule has 12 heteroatoms. The van der Waals surface area contributed by atoms with Crippen molar-refractivity contribution in [2.75, 3.05) is 23.4 Å². The van der Waals surface area contributed by atoms with Gasteiger partial charge in [0.2, 0.25) is 5.96 Å². The Morgan fingerprint density at radius 2 is 1.97 bits per heavy atom. The van der Waals surface area contributed by atoms with E-state index in [-0.39, 0.29) is 40.3 Å². The van der Waals surface area contributed by atoms with Crippen molar-refractivity contribution in [1.29, 1.82) is 10.5 Å². The van der Waals surface area contributed by atoms with Gasteiger partial charge in [-0.15, -0.1) is 0 Å². The van der Waals surface area contributed by atoms with Crippen LogP contribution in [-0.4, -0.2) is 23.5 Å². The monoisotopic (exact) mass is 546 g/mol. The summed E-state index contributed by atoms with van der Waals surface area (Å²) in [7, 11) is 0. The van der Waals surface area contributed by atoms with Crippen molar-refractivity contribution >= 4 is 45.2 Å². The second kappa shape index (κ2) is 10.2. The van der Waals surface area contributed by atoms with Crippen LogP contribution in [0.5, 0.6) is 11.5 Å². The van der Waals surface area contributed by atoms with E-state index in [1.54, 1.807) is 55.6 Å². The van der Waals surface area contributed by atoms with Crippen molar-refractivity contribution < 1.29 is 14.3 Å². The van der Waals surface area contributed by atoms with Gasteiger partial charge >= 0.3 is 5.97 Å². The Balaban J connectivity index is 1.84. The van der Waals surface area contributed by atoms with Gasteiger partial charge in [0.1, 0.15) is 29.3 Å². The molecule has 0 saturated heterocycles. The number of aliphatic imine (C=N–C) groups is 1. The molecule has 0 amide bonds. The molecule has 2 aromatic carbocycles. The second-order valence-electron chi connectivity index (χ2n) is 7.41. The summed E-state index contributed by atoms with van der Waals surface area (Å²) < 4.78 is 11.9. The molecule has 1 aliphatic rings. The van der Waals surface area contributed by atoms with Crippen LogP contribution < -0.4 is 31.6 Å². The number of ether oxygens (including phenoxy) is 2. The Bertz CT molecular complexity index is 1460. The molecule has 4 rings (SSSR count). The minimum atomic E-state index is -0.815. The Morgan fingerprint density at radius 3 is 2.64 bits per heavy atom. The van der Waals surface area contributed by atoms with E-state index in [1.807, 2.05) is 6.07 Å². The van der Waals surface area contributed by atoms with Crippen LogP contribution in [0, 0.1) is 22.8 Å². The summed E-state index contributed by atoms with van der Waals surface area (Å²) in [6.45, 7) is 2.09. The summed E-state index contributed by atoms with van der Waals surface area (Å²) in [6.07, 6.45) is 1.80. The molecule has 2 heterocycles. The molecule has 0 aliphatic carbocycles. The van der Waals surface area contributed by atoms with Crippen molar-refractivity contribution in [3.8, 4) is 23.8 Å². The number of esters is 1. The molecule has 0 radical (unpaired) electrons. The van der Waals surface area contributed by atoms with Gasteiger partial charge in [0.15, 0.2) is 17.7 Å². The summed E-state index contributed by atoms with van der Waals surface area (Å²) in [4.78, 5) is 21.5. The van der Waals surface area contributed by atoms with E-state index in [0.717, 1.165) is 0 Å². The van der Waals surface area contributed by atoms with E-state index in [0.29, 0.717) is 27.8 Å². The lowest BCUT2D eigenvalue weighted by atomic mass is 9.95. The zero-order valence-corrected chi connectivity index (χ0v) is 20.5. The molecule has 3 aromatic rings. The number of nitrogen functional groups attached to an aromatic ring is 2. The number of pyridine rings is 1. The van der Waals surface area contributed by atoms with Crippen LogP contribution in [0.4, 0.5) is 17.3 Å². The van der Waals surface area contributed by atoms with E-state index in [1.165, 1.54) is 0 Å². The van der Waals surface area contributed by atoms with Gasteiger partial charge in [-0.05, 0) is 36.8 Å². The lowest BCUT2D eigenvalue weighted by molar-refractivity contribution is 0.0728. The molecule has 1 atom stereocenters. The number of benzene rings is 2. The molecular formula is C24H19BrN8O3. The Kier molecular flexibility index (Phi) is 6.90. The van der Waals surface area contributed by atoms with Crippen molar-refractivity contribution in [3.05, 3.63) is 69.2 Å². The van der Waals surface area contributed by atoms with Crippen LogP contribution >= 0.6 is 15.9 Å². The third-order valence-corrected chi connectivity index (χ3v) is 5.91. The highest BCUT2D eigenvalue weighted by molar-refractivity contribution is 9.10. The largest absolute Gasteiger partial charge is 0.490 e.